The summed E-state index contributed by atoms with van der Waals surface area (Å²) in [4.78, 5) is 33.4. The van der Waals surface area contributed by atoms with Gasteiger partial charge in [-0.05, 0) is 57.8 Å². The van der Waals surface area contributed by atoms with Crippen molar-refractivity contribution < 1.29 is 19.4 Å². The van der Waals surface area contributed by atoms with Crippen molar-refractivity contribution in [2.45, 2.75) is 19.9 Å². The van der Waals surface area contributed by atoms with Gasteiger partial charge in [0.25, 0.3) is 11.7 Å². The first kappa shape index (κ1) is 22.6. The first-order valence-electron chi connectivity index (χ1n) is 10.9. The molecule has 0 saturated carbocycles. The molecule has 4 rings (SSSR count). The lowest BCUT2D eigenvalue weighted by Crippen LogP contribution is -2.35. The number of ether oxygens (including phenoxy) is 1. The number of ketones is 1. The Morgan fingerprint density at radius 2 is 1.88 bits per heavy atom. The van der Waals surface area contributed by atoms with Gasteiger partial charge in [0, 0.05) is 40.8 Å². The van der Waals surface area contributed by atoms with Gasteiger partial charge in [0.05, 0.1) is 18.7 Å². The number of hydrogen-bond donors (Lipinski definition) is 2. The van der Waals surface area contributed by atoms with E-state index in [1.54, 1.807) is 30.2 Å². The molecule has 33 heavy (non-hydrogen) atoms. The van der Waals surface area contributed by atoms with Crippen LogP contribution in [0.3, 0.4) is 0 Å². The highest BCUT2D eigenvalue weighted by Gasteiger charge is 2.47. The maximum Gasteiger partial charge on any atom is 0.295 e. The number of aliphatic hydroxyl groups is 1. The fraction of sp³-hybridized carbons (Fsp3) is 0.308. The third-order valence-corrected chi connectivity index (χ3v) is 6.23. The number of nitrogens with one attached hydrogen (secondary N) is 1. The van der Waals surface area contributed by atoms with Gasteiger partial charge < -0.3 is 24.6 Å². The van der Waals surface area contributed by atoms with Gasteiger partial charge in [-0.15, -0.1) is 0 Å². The number of fused-ring (bicyclic) bond motifs is 1. The average Bonchev–Trinajstić information content (AvgIpc) is 3.24. The number of hydrogen-bond acceptors (Lipinski definition) is 5. The van der Waals surface area contributed by atoms with Crippen molar-refractivity contribution in [3.8, 4) is 5.75 Å². The third kappa shape index (κ3) is 3.89. The molecule has 1 fully saturated rings. The second-order valence-electron chi connectivity index (χ2n) is 8.69. The lowest BCUT2D eigenvalue weighted by atomic mass is 9.92. The molecule has 7 heteroatoms. The SMILES string of the molecule is COc1ccc(/C(O)=C2\C(=O)C(=O)N(CCN(C)C)C2c2c(C)[nH]c3ccccc23)c(C)c1. The van der Waals surface area contributed by atoms with Crippen LogP contribution in [-0.2, 0) is 9.59 Å². The van der Waals surface area contributed by atoms with Crippen LogP contribution in [0.4, 0.5) is 0 Å². The zero-order chi connectivity index (χ0) is 23.9. The van der Waals surface area contributed by atoms with Crippen LogP contribution in [-0.4, -0.2) is 65.9 Å². The molecule has 0 radical (unpaired) electrons. The summed E-state index contributed by atoms with van der Waals surface area (Å²) >= 11 is 0. The van der Waals surface area contributed by atoms with Crippen molar-refractivity contribution in [1.82, 2.24) is 14.8 Å². The fourth-order valence-corrected chi connectivity index (χ4v) is 4.54. The molecule has 1 unspecified atom stereocenters. The molecule has 3 aromatic rings. The molecular formula is C26H29N3O4. The van der Waals surface area contributed by atoms with E-state index < -0.39 is 17.7 Å². The maximum absolute atomic E-state index is 13.3. The molecule has 1 saturated heterocycles. The van der Waals surface area contributed by atoms with Crippen LogP contribution in [0.15, 0.2) is 48.0 Å². The van der Waals surface area contributed by atoms with Gasteiger partial charge in [0.2, 0.25) is 0 Å². The van der Waals surface area contributed by atoms with Crippen molar-refractivity contribution >= 4 is 28.4 Å². The Morgan fingerprint density at radius 1 is 1.15 bits per heavy atom. The number of aryl methyl sites for hydroxylation is 2. The largest absolute Gasteiger partial charge is 0.507 e. The van der Waals surface area contributed by atoms with E-state index in [1.165, 1.54) is 0 Å². The Labute approximate surface area is 193 Å². The van der Waals surface area contributed by atoms with Crippen LogP contribution in [0.5, 0.6) is 5.75 Å². The number of amides is 1. The predicted octanol–water partition coefficient (Wildman–Crippen LogP) is 3.78. The molecule has 0 bridgehead atoms. The van der Waals surface area contributed by atoms with Crippen molar-refractivity contribution in [2.24, 2.45) is 0 Å². The fourth-order valence-electron chi connectivity index (χ4n) is 4.54. The number of likely N-dealkylation sites (N-methyl/N-ethyl adjacent to an activating group) is 1. The number of aromatic nitrogens is 1. The number of para-hydroxylation sites is 1. The number of benzene rings is 2. The van der Waals surface area contributed by atoms with Crippen LogP contribution in [0.2, 0.25) is 0 Å². The maximum atomic E-state index is 13.3. The molecule has 1 aliphatic heterocycles. The number of H-pyrrole nitrogens is 1. The van der Waals surface area contributed by atoms with E-state index in [0.29, 0.717) is 24.4 Å². The van der Waals surface area contributed by atoms with Crippen molar-refractivity contribution in [3.63, 3.8) is 0 Å². The molecule has 1 amide bonds. The first-order chi connectivity index (χ1) is 15.7. The highest BCUT2D eigenvalue weighted by Crippen LogP contribution is 2.43. The molecule has 1 aliphatic rings. The summed E-state index contributed by atoms with van der Waals surface area (Å²) in [6.07, 6.45) is 0. The van der Waals surface area contributed by atoms with Crippen LogP contribution in [0.25, 0.3) is 16.7 Å². The summed E-state index contributed by atoms with van der Waals surface area (Å²) in [7, 11) is 5.41. The minimum Gasteiger partial charge on any atom is -0.507 e. The van der Waals surface area contributed by atoms with Crippen molar-refractivity contribution in [1.29, 1.82) is 0 Å². The second kappa shape index (κ2) is 8.75. The molecule has 2 aromatic carbocycles. The molecule has 0 aliphatic carbocycles. The van der Waals surface area contributed by atoms with E-state index in [9.17, 15) is 14.7 Å². The van der Waals surface area contributed by atoms with E-state index in [4.69, 9.17) is 4.74 Å². The number of aromatic amines is 1. The van der Waals surface area contributed by atoms with Crippen LogP contribution < -0.4 is 4.74 Å². The number of carbonyl (C=O) groups excluding carboxylic acids is 2. The predicted molar refractivity (Wildman–Crippen MR) is 128 cm³/mol. The highest BCUT2D eigenvalue weighted by atomic mass is 16.5. The van der Waals surface area contributed by atoms with Crippen LogP contribution >= 0.6 is 0 Å². The lowest BCUT2D eigenvalue weighted by molar-refractivity contribution is -0.140. The minimum absolute atomic E-state index is 0.111. The molecule has 2 heterocycles. The summed E-state index contributed by atoms with van der Waals surface area (Å²) < 4.78 is 5.27. The van der Waals surface area contributed by atoms with Gasteiger partial charge in [-0.2, -0.15) is 0 Å². The second-order valence-corrected chi connectivity index (χ2v) is 8.69. The van der Waals surface area contributed by atoms with Crippen LogP contribution in [0, 0.1) is 13.8 Å². The molecule has 1 atom stereocenters. The van der Waals surface area contributed by atoms with E-state index in [2.05, 4.69) is 4.98 Å². The summed E-state index contributed by atoms with van der Waals surface area (Å²) in [5.41, 5.74) is 3.97. The average molecular weight is 448 g/mol. The Kier molecular flexibility index (Phi) is 5.99. The summed E-state index contributed by atoms with van der Waals surface area (Å²) in [5.74, 6) is -0.787. The van der Waals surface area contributed by atoms with E-state index in [-0.39, 0.29) is 11.3 Å². The van der Waals surface area contributed by atoms with Gasteiger partial charge in [-0.3, -0.25) is 9.59 Å². The third-order valence-electron chi connectivity index (χ3n) is 6.23. The Hall–Kier alpha value is -3.58. The number of aliphatic hydroxyl groups excluding tert-OH is 1. The Morgan fingerprint density at radius 3 is 2.55 bits per heavy atom. The smallest absolute Gasteiger partial charge is 0.295 e. The normalized spacial score (nSPS) is 18.0. The van der Waals surface area contributed by atoms with Gasteiger partial charge >= 0.3 is 0 Å². The standard InChI is InChI=1S/C26H29N3O4/c1-15-14-17(33-5)10-11-18(15)24(30)22-23(29(13-12-28(3)4)26(32)25(22)31)21-16(2)27-20-9-7-6-8-19(20)21/h6-11,14,23,27,30H,12-13H2,1-5H3/b24-22+. The molecule has 172 valence electrons. The van der Waals surface area contributed by atoms with Gasteiger partial charge in [-0.1, -0.05) is 18.2 Å². The quantitative estimate of drug-likeness (QED) is 0.341. The Bertz CT molecular complexity index is 1270. The number of carbonyl (C=O) groups is 2. The van der Waals surface area contributed by atoms with Gasteiger partial charge in [0.1, 0.15) is 11.5 Å². The van der Waals surface area contributed by atoms with E-state index >= 15 is 0 Å². The molecule has 0 spiro atoms. The van der Waals surface area contributed by atoms with Crippen molar-refractivity contribution in [2.75, 3.05) is 34.3 Å². The molecular weight excluding hydrogens is 418 g/mol. The highest BCUT2D eigenvalue weighted by molar-refractivity contribution is 6.46. The van der Waals surface area contributed by atoms with Crippen LogP contribution in [0.1, 0.15) is 28.4 Å². The zero-order valence-corrected chi connectivity index (χ0v) is 19.6. The lowest BCUT2D eigenvalue weighted by Gasteiger charge is -2.27. The summed E-state index contributed by atoms with van der Waals surface area (Å²) in [5, 5.41) is 12.3. The number of methoxy groups -OCH3 is 1. The topological polar surface area (TPSA) is 85.9 Å². The number of nitrogens with zero attached hydrogens (tertiary/aromatic N) is 2. The summed E-state index contributed by atoms with van der Waals surface area (Å²) in [6.45, 7) is 4.72. The zero-order valence-electron chi connectivity index (χ0n) is 19.6. The number of Topliss-reactive ketones (excluding diaryl/α,β-unsaturated/α-hetero) is 1. The van der Waals surface area contributed by atoms with E-state index in [0.717, 1.165) is 27.7 Å². The van der Waals surface area contributed by atoms with Gasteiger partial charge in [-0.25, -0.2) is 0 Å². The van der Waals surface area contributed by atoms with E-state index in [1.807, 2.05) is 57.1 Å². The first-order valence-corrected chi connectivity index (χ1v) is 10.9. The minimum atomic E-state index is -0.692. The Balaban J connectivity index is 1.96. The number of likely N-dealkylation sites (tertiary alicyclic amines) is 1. The van der Waals surface area contributed by atoms with Crippen molar-refractivity contribution in [3.05, 3.63) is 70.4 Å². The number of rotatable bonds is 6. The molecule has 1 aromatic heterocycles. The molecule has 2 N–H and O–H groups in total. The monoisotopic (exact) mass is 447 g/mol. The molecule has 7 nitrogen and oxygen atoms in total. The summed E-state index contributed by atoms with van der Waals surface area (Å²) in [6, 6.07) is 12.4. The van der Waals surface area contributed by atoms with Gasteiger partial charge in [0.15, 0.2) is 0 Å².